The Labute approximate surface area is 188 Å². The summed E-state index contributed by atoms with van der Waals surface area (Å²) in [5.41, 5.74) is 4.50. The lowest BCUT2D eigenvalue weighted by Gasteiger charge is -2.36. The van der Waals surface area contributed by atoms with Gasteiger partial charge in [-0.15, -0.1) is 0 Å². The van der Waals surface area contributed by atoms with Crippen LogP contribution in [0.25, 0.3) is 0 Å². The normalized spacial score (nSPS) is 27.1. The smallest absolute Gasteiger partial charge is 0.404 e. The summed E-state index contributed by atoms with van der Waals surface area (Å²) in [6.07, 6.45) is -12.1. The Bertz CT molecular complexity index is 1050. The summed E-state index contributed by atoms with van der Waals surface area (Å²) < 4.78 is 9.93. The average Bonchev–Trinajstić information content (AvgIpc) is 3.01. The van der Waals surface area contributed by atoms with Crippen molar-refractivity contribution in [3.8, 4) is 0 Å². The molecule has 1 aromatic heterocycles. The Morgan fingerprint density at radius 1 is 1.26 bits per heavy atom. The minimum atomic E-state index is -3.02. The maximum absolute atomic E-state index is 13.4. The molecule has 1 saturated heterocycles. The zero-order valence-electron chi connectivity index (χ0n) is 17.3. The maximum Gasteiger partial charge on any atom is 0.404 e. The Hall–Kier alpha value is -3.19. The molecule has 17 nitrogen and oxygen atoms in total. The van der Waals surface area contributed by atoms with Crippen LogP contribution >= 0.6 is 0 Å². The second kappa shape index (κ2) is 10.4. The van der Waals surface area contributed by atoms with Crippen LogP contribution in [-0.2, 0) is 31.4 Å². The number of aliphatic hydroxyl groups is 5. The Morgan fingerprint density at radius 3 is 2.41 bits per heavy atom. The minimum Gasteiger partial charge on any atom is -0.481 e. The van der Waals surface area contributed by atoms with Crippen LogP contribution in [0.1, 0.15) is 12.0 Å². The first-order chi connectivity index (χ1) is 15.8. The second-order valence-electron chi connectivity index (χ2n) is 7.41. The summed E-state index contributed by atoms with van der Waals surface area (Å²) >= 11 is 0. The predicted molar refractivity (Wildman–Crippen MR) is 105 cm³/mol. The molecule has 34 heavy (non-hydrogen) atoms. The van der Waals surface area contributed by atoms with Gasteiger partial charge in [0.25, 0.3) is 5.56 Å². The number of aliphatic hydroxyl groups excluding tert-OH is 5. The van der Waals surface area contributed by atoms with Crippen LogP contribution in [-0.4, -0.2) is 101 Å². The maximum atomic E-state index is 13.4. The zero-order chi connectivity index (χ0) is 26.0. The molecule has 190 valence electrons. The third-order valence-electron chi connectivity index (χ3n) is 5.17. The van der Waals surface area contributed by atoms with E-state index < -0.39 is 96.6 Å². The molecule has 2 rings (SSSR count). The molecule has 0 spiro atoms. The molecule has 0 bridgehead atoms. The van der Waals surface area contributed by atoms with Crippen LogP contribution in [0.4, 0.5) is 4.79 Å². The average molecular weight is 492 g/mol. The van der Waals surface area contributed by atoms with Gasteiger partial charge in [0.15, 0.2) is 0 Å². The summed E-state index contributed by atoms with van der Waals surface area (Å²) in [5, 5.41) is 59.7. The van der Waals surface area contributed by atoms with E-state index in [1.54, 1.807) is 4.98 Å². The molecule has 0 radical (unpaired) electrons. The van der Waals surface area contributed by atoms with Crippen molar-refractivity contribution in [3.63, 3.8) is 0 Å². The number of rotatable bonds is 10. The molecule has 0 saturated carbocycles. The molecular weight excluding hydrogens is 468 g/mol. The summed E-state index contributed by atoms with van der Waals surface area (Å²) in [5.74, 6) is -3.07. The van der Waals surface area contributed by atoms with E-state index in [4.69, 9.17) is 21.3 Å². The van der Waals surface area contributed by atoms with Gasteiger partial charge in [-0.3, -0.25) is 23.9 Å². The first kappa shape index (κ1) is 27.1. The number of primary amides is 1. The SMILES string of the molecule is NC(=O)OC[C@H](O)[C@@H](O)[C@H](N)C(=O)[C@@]1(n2cc(CO)c(=O)[nH]c2=O)O[C@H](CC(=O)O)[C@@H](O)[C@H]1O. The van der Waals surface area contributed by atoms with Gasteiger partial charge in [-0.05, 0) is 0 Å². The first-order valence-corrected chi connectivity index (χ1v) is 9.58. The summed E-state index contributed by atoms with van der Waals surface area (Å²) in [6, 6.07) is -2.20. The number of amides is 1. The molecule has 2 heterocycles. The van der Waals surface area contributed by atoms with Gasteiger partial charge in [-0.25, -0.2) is 9.59 Å². The highest BCUT2D eigenvalue weighted by Gasteiger charge is 2.62. The summed E-state index contributed by atoms with van der Waals surface area (Å²) in [6.45, 7) is -1.86. The number of H-pyrrole nitrogens is 1. The Balaban J connectivity index is 2.62. The Morgan fingerprint density at radius 2 is 1.88 bits per heavy atom. The molecule has 7 atom stereocenters. The van der Waals surface area contributed by atoms with Crippen molar-refractivity contribution >= 4 is 17.8 Å². The molecule has 1 aromatic rings. The van der Waals surface area contributed by atoms with Gasteiger partial charge in [0.05, 0.1) is 24.6 Å². The fourth-order valence-corrected chi connectivity index (χ4v) is 3.43. The van der Waals surface area contributed by atoms with Gasteiger partial charge in [-0.1, -0.05) is 0 Å². The van der Waals surface area contributed by atoms with Crippen LogP contribution < -0.4 is 22.7 Å². The van der Waals surface area contributed by atoms with E-state index in [9.17, 15) is 49.5 Å². The number of carbonyl (C=O) groups excluding carboxylic acids is 2. The van der Waals surface area contributed by atoms with E-state index in [2.05, 4.69) is 4.74 Å². The molecule has 1 amide bonds. The number of nitrogens with two attached hydrogens (primary N) is 2. The molecule has 1 fully saturated rings. The Kier molecular flexibility index (Phi) is 8.26. The zero-order valence-corrected chi connectivity index (χ0v) is 17.3. The number of nitrogens with zero attached hydrogens (tertiary/aromatic N) is 1. The van der Waals surface area contributed by atoms with Gasteiger partial charge in [0.1, 0.15) is 37.1 Å². The number of aliphatic carboxylic acids is 1. The monoisotopic (exact) mass is 492 g/mol. The molecular formula is C17H24N4O13. The largest absolute Gasteiger partial charge is 0.481 e. The number of hydrogen-bond donors (Lipinski definition) is 9. The summed E-state index contributed by atoms with van der Waals surface area (Å²) in [7, 11) is 0. The highest BCUT2D eigenvalue weighted by Crippen LogP contribution is 2.38. The quantitative estimate of drug-likeness (QED) is 0.147. The molecule has 0 aliphatic carbocycles. The van der Waals surface area contributed by atoms with Crippen molar-refractivity contribution in [2.24, 2.45) is 11.5 Å². The second-order valence-corrected chi connectivity index (χ2v) is 7.41. The van der Waals surface area contributed by atoms with E-state index in [1.165, 1.54) is 0 Å². The summed E-state index contributed by atoms with van der Waals surface area (Å²) in [4.78, 5) is 61.4. The number of aromatic nitrogens is 2. The number of ether oxygens (including phenoxy) is 2. The van der Waals surface area contributed by atoms with E-state index >= 15 is 0 Å². The van der Waals surface area contributed by atoms with Crippen molar-refractivity contribution in [2.75, 3.05) is 6.61 Å². The van der Waals surface area contributed by atoms with Gasteiger partial charge >= 0.3 is 17.8 Å². The molecule has 17 heteroatoms. The van der Waals surface area contributed by atoms with Crippen molar-refractivity contribution in [3.05, 3.63) is 32.6 Å². The highest BCUT2D eigenvalue weighted by atomic mass is 16.6. The molecule has 1 aliphatic heterocycles. The van der Waals surface area contributed by atoms with E-state index in [1.807, 2.05) is 0 Å². The van der Waals surface area contributed by atoms with Crippen LogP contribution in [0.3, 0.4) is 0 Å². The van der Waals surface area contributed by atoms with E-state index in [0.717, 1.165) is 0 Å². The van der Waals surface area contributed by atoms with Gasteiger partial charge in [0.2, 0.25) is 11.5 Å². The topological polar surface area (TPSA) is 298 Å². The van der Waals surface area contributed by atoms with Gasteiger partial charge < -0.3 is 51.6 Å². The predicted octanol–water partition coefficient (Wildman–Crippen LogP) is -6.01. The van der Waals surface area contributed by atoms with Gasteiger partial charge in [-0.2, -0.15) is 0 Å². The third kappa shape index (κ3) is 4.99. The van der Waals surface area contributed by atoms with Crippen molar-refractivity contribution in [1.29, 1.82) is 0 Å². The number of carbonyl (C=O) groups is 3. The fourth-order valence-electron chi connectivity index (χ4n) is 3.43. The first-order valence-electron chi connectivity index (χ1n) is 9.58. The standard InChI is InChI=1S/C17H24N4O13/c18-9(10(26)6(23)4-33-15(19)31)12(28)17(13(29)11(27)7(34-17)1-8(24)25)21-2-5(3-22)14(30)20-16(21)32/h2,6-7,9-11,13,22-23,26-27,29H,1,3-4,18H2,(H2,19,31)(H,24,25)(H,20,30,32)/t6-,7+,9-,10+,11+,13+,17+/m0/s1. The number of carboxylic acids is 1. The highest BCUT2D eigenvalue weighted by molar-refractivity contribution is 5.91. The lowest BCUT2D eigenvalue weighted by Crippen LogP contribution is -2.64. The lowest BCUT2D eigenvalue weighted by atomic mass is 9.89. The molecule has 11 N–H and O–H groups in total. The minimum absolute atomic E-state index is 0.275. The number of hydrogen-bond acceptors (Lipinski definition) is 13. The van der Waals surface area contributed by atoms with Crippen LogP contribution in [0.2, 0.25) is 0 Å². The molecule has 0 aromatic carbocycles. The number of Topliss-reactive ketones (excluding diaryl/α,β-unsaturated/α-hetero) is 1. The lowest BCUT2D eigenvalue weighted by molar-refractivity contribution is -0.181. The van der Waals surface area contributed by atoms with Crippen molar-refractivity contribution in [2.45, 2.75) is 55.3 Å². The molecule has 0 unspecified atom stereocenters. The van der Waals surface area contributed by atoms with Crippen LogP contribution in [0, 0.1) is 0 Å². The van der Waals surface area contributed by atoms with Gasteiger partial charge in [0, 0.05) is 6.20 Å². The van der Waals surface area contributed by atoms with Crippen molar-refractivity contribution in [1.82, 2.24) is 9.55 Å². The number of aromatic amines is 1. The fraction of sp³-hybridized carbons (Fsp3) is 0.588. The van der Waals surface area contributed by atoms with Crippen molar-refractivity contribution < 1.29 is 54.5 Å². The number of ketones is 1. The third-order valence-corrected chi connectivity index (χ3v) is 5.17. The molecule has 1 aliphatic rings. The van der Waals surface area contributed by atoms with E-state index in [-0.39, 0.29) is 4.57 Å². The number of carboxylic acid groups (broad SMARTS) is 1. The number of nitrogens with one attached hydrogen (secondary N) is 1. The van der Waals surface area contributed by atoms with E-state index in [0.29, 0.717) is 6.20 Å². The van der Waals surface area contributed by atoms with Crippen LogP contribution in [0.5, 0.6) is 0 Å². The van der Waals surface area contributed by atoms with Crippen LogP contribution in [0.15, 0.2) is 15.8 Å².